The molecule has 5 heteroatoms. The molecule has 0 atom stereocenters. The summed E-state index contributed by atoms with van der Waals surface area (Å²) < 4.78 is 9.83. The van der Waals surface area contributed by atoms with E-state index in [0.717, 1.165) is 0 Å². The van der Waals surface area contributed by atoms with Crippen LogP contribution in [0.1, 0.15) is 27.6 Å². The van der Waals surface area contributed by atoms with E-state index < -0.39 is 5.97 Å². The number of carbonyl (C=O) groups excluding carboxylic acids is 2. The smallest absolute Gasteiger partial charge is 0.341 e. The molecule has 0 saturated carbocycles. The Balaban J connectivity index is 3.33. The van der Waals surface area contributed by atoms with Crippen molar-refractivity contribution in [3.05, 3.63) is 28.3 Å². The number of carbonyl (C=O) groups is 2. The van der Waals surface area contributed by atoms with Crippen LogP contribution < -0.4 is 4.74 Å². The van der Waals surface area contributed by atoms with Crippen molar-refractivity contribution in [2.45, 2.75) is 6.92 Å². The first-order chi connectivity index (χ1) is 7.63. The van der Waals surface area contributed by atoms with Crippen molar-refractivity contribution >= 4 is 23.9 Å². The molecular formula is C11H11ClO4. The van der Waals surface area contributed by atoms with Crippen LogP contribution in [0.2, 0.25) is 5.02 Å². The van der Waals surface area contributed by atoms with Gasteiger partial charge in [-0.2, -0.15) is 0 Å². The first kappa shape index (κ1) is 12.5. The van der Waals surface area contributed by atoms with E-state index in [1.165, 1.54) is 19.2 Å². The molecule has 0 aliphatic heterocycles. The van der Waals surface area contributed by atoms with Gasteiger partial charge < -0.3 is 9.47 Å². The summed E-state index contributed by atoms with van der Waals surface area (Å²) >= 11 is 5.90. The maximum Gasteiger partial charge on any atom is 0.341 e. The predicted molar refractivity (Wildman–Crippen MR) is 59.3 cm³/mol. The highest BCUT2D eigenvalue weighted by atomic mass is 35.5. The summed E-state index contributed by atoms with van der Waals surface area (Å²) in [6, 6.07) is 2.82. The van der Waals surface area contributed by atoms with E-state index in [1.54, 1.807) is 6.92 Å². The van der Waals surface area contributed by atoms with E-state index in [-0.39, 0.29) is 16.3 Å². The Morgan fingerprint density at radius 1 is 1.50 bits per heavy atom. The second kappa shape index (κ2) is 5.51. The van der Waals surface area contributed by atoms with E-state index >= 15 is 0 Å². The molecule has 0 spiro atoms. The SMILES string of the molecule is CCOc1c(Cl)cc(C=O)cc1C(=O)OC. The van der Waals surface area contributed by atoms with Crippen LogP contribution in [-0.4, -0.2) is 26.0 Å². The Morgan fingerprint density at radius 3 is 2.69 bits per heavy atom. The summed E-state index contributed by atoms with van der Waals surface area (Å²) in [7, 11) is 1.25. The number of benzene rings is 1. The zero-order valence-electron chi connectivity index (χ0n) is 8.95. The van der Waals surface area contributed by atoms with Crippen molar-refractivity contribution in [1.82, 2.24) is 0 Å². The van der Waals surface area contributed by atoms with Gasteiger partial charge >= 0.3 is 5.97 Å². The van der Waals surface area contributed by atoms with Gasteiger partial charge in [0, 0.05) is 5.56 Å². The van der Waals surface area contributed by atoms with E-state index in [0.29, 0.717) is 18.5 Å². The normalized spacial score (nSPS) is 9.69. The van der Waals surface area contributed by atoms with Crippen LogP contribution in [0.15, 0.2) is 12.1 Å². The van der Waals surface area contributed by atoms with E-state index in [2.05, 4.69) is 4.74 Å². The van der Waals surface area contributed by atoms with Crippen molar-refractivity contribution in [2.24, 2.45) is 0 Å². The van der Waals surface area contributed by atoms with Crippen LogP contribution in [0, 0.1) is 0 Å². The minimum Gasteiger partial charge on any atom is -0.491 e. The van der Waals surface area contributed by atoms with Crippen molar-refractivity contribution in [3.8, 4) is 5.75 Å². The first-order valence-electron chi connectivity index (χ1n) is 4.63. The summed E-state index contributed by atoms with van der Waals surface area (Å²) in [6.07, 6.45) is 0.605. The average Bonchev–Trinajstić information content (AvgIpc) is 2.30. The summed E-state index contributed by atoms with van der Waals surface area (Å²) in [5, 5.41) is 0.215. The molecule has 4 nitrogen and oxygen atoms in total. The number of methoxy groups -OCH3 is 1. The minimum atomic E-state index is -0.589. The van der Waals surface area contributed by atoms with Gasteiger partial charge in [0.15, 0.2) is 5.75 Å². The number of ether oxygens (including phenoxy) is 2. The van der Waals surface area contributed by atoms with Crippen molar-refractivity contribution in [2.75, 3.05) is 13.7 Å². The van der Waals surface area contributed by atoms with E-state index in [4.69, 9.17) is 16.3 Å². The molecule has 0 aromatic heterocycles. The third kappa shape index (κ3) is 2.52. The molecule has 0 amide bonds. The average molecular weight is 243 g/mol. The molecule has 0 radical (unpaired) electrons. The lowest BCUT2D eigenvalue weighted by Gasteiger charge is -2.11. The fourth-order valence-corrected chi connectivity index (χ4v) is 1.52. The van der Waals surface area contributed by atoms with Crippen molar-refractivity contribution in [3.63, 3.8) is 0 Å². The quantitative estimate of drug-likeness (QED) is 0.601. The summed E-state index contributed by atoms with van der Waals surface area (Å²) in [5.74, 6) is -0.351. The van der Waals surface area contributed by atoms with E-state index in [1.807, 2.05) is 0 Å². The van der Waals surface area contributed by atoms with Crippen molar-refractivity contribution < 1.29 is 19.1 Å². The largest absolute Gasteiger partial charge is 0.491 e. The summed E-state index contributed by atoms with van der Waals surface area (Å²) in [5.41, 5.74) is 0.452. The predicted octanol–water partition coefficient (Wildman–Crippen LogP) is 2.34. The fraction of sp³-hybridized carbons (Fsp3) is 0.273. The molecule has 0 N–H and O–H groups in total. The number of hydrogen-bond donors (Lipinski definition) is 0. The Kier molecular flexibility index (Phi) is 4.31. The molecular weight excluding hydrogens is 232 g/mol. The lowest BCUT2D eigenvalue weighted by Crippen LogP contribution is -2.07. The van der Waals surface area contributed by atoms with Crippen LogP contribution in [0.4, 0.5) is 0 Å². The summed E-state index contributed by atoms with van der Waals surface area (Å²) in [4.78, 5) is 22.1. The number of esters is 1. The van der Waals surface area contributed by atoms with Gasteiger partial charge in [-0.05, 0) is 19.1 Å². The molecule has 0 saturated heterocycles. The minimum absolute atomic E-state index is 0.152. The van der Waals surface area contributed by atoms with Gasteiger partial charge in [-0.1, -0.05) is 11.6 Å². The molecule has 1 rings (SSSR count). The molecule has 0 heterocycles. The van der Waals surface area contributed by atoms with Crippen LogP contribution in [0.5, 0.6) is 5.75 Å². The van der Waals surface area contributed by atoms with Gasteiger partial charge in [-0.15, -0.1) is 0 Å². The van der Waals surface area contributed by atoms with Crippen molar-refractivity contribution in [1.29, 1.82) is 0 Å². The molecule has 0 bridgehead atoms. The second-order valence-electron chi connectivity index (χ2n) is 2.92. The Bertz CT molecular complexity index is 415. The highest BCUT2D eigenvalue weighted by Crippen LogP contribution is 2.30. The number of halogens is 1. The fourth-order valence-electron chi connectivity index (χ4n) is 1.24. The van der Waals surface area contributed by atoms with Crippen LogP contribution in [0.3, 0.4) is 0 Å². The van der Waals surface area contributed by atoms with Gasteiger partial charge in [-0.25, -0.2) is 4.79 Å². The number of hydrogen-bond acceptors (Lipinski definition) is 4. The second-order valence-corrected chi connectivity index (χ2v) is 3.33. The zero-order chi connectivity index (χ0) is 12.1. The molecule has 1 aromatic rings. The van der Waals surface area contributed by atoms with Crippen LogP contribution >= 0.6 is 11.6 Å². The molecule has 86 valence electrons. The molecule has 0 fully saturated rings. The number of aldehydes is 1. The van der Waals surface area contributed by atoms with Crippen LogP contribution in [-0.2, 0) is 4.74 Å². The van der Waals surface area contributed by atoms with Gasteiger partial charge in [0.1, 0.15) is 11.8 Å². The third-order valence-electron chi connectivity index (χ3n) is 1.90. The van der Waals surface area contributed by atoms with Crippen LogP contribution in [0.25, 0.3) is 0 Å². The molecule has 16 heavy (non-hydrogen) atoms. The van der Waals surface area contributed by atoms with E-state index in [9.17, 15) is 9.59 Å². The Labute approximate surface area is 98.1 Å². The lowest BCUT2D eigenvalue weighted by atomic mass is 10.1. The van der Waals surface area contributed by atoms with Gasteiger partial charge in [0.2, 0.25) is 0 Å². The number of rotatable bonds is 4. The Hall–Kier alpha value is -1.55. The maximum atomic E-state index is 11.5. The maximum absolute atomic E-state index is 11.5. The first-order valence-corrected chi connectivity index (χ1v) is 5.01. The highest BCUT2D eigenvalue weighted by Gasteiger charge is 2.17. The Morgan fingerprint density at radius 2 is 2.19 bits per heavy atom. The molecule has 0 aliphatic rings. The lowest BCUT2D eigenvalue weighted by molar-refractivity contribution is 0.0596. The third-order valence-corrected chi connectivity index (χ3v) is 2.18. The standard InChI is InChI=1S/C11H11ClO4/c1-3-16-10-8(11(14)15-2)4-7(6-13)5-9(10)12/h4-6H,3H2,1-2H3. The zero-order valence-corrected chi connectivity index (χ0v) is 9.71. The monoisotopic (exact) mass is 242 g/mol. The molecule has 1 aromatic carbocycles. The van der Waals surface area contributed by atoms with Gasteiger partial charge in [-0.3, -0.25) is 4.79 Å². The highest BCUT2D eigenvalue weighted by molar-refractivity contribution is 6.33. The topological polar surface area (TPSA) is 52.6 Å². The van der Waals surface area contributed by atoms with Gasteiger partial charge in [0.05, 0.1) is 18.7 Å². The summed E-state index contributed by atoms with van der Waals surface area (Å²) in [6.45, 7) is 2.13. The molecule has 0 aliphatic carbocycles. The molecule has 0 unspecified atom stereocenters. The van der Waals surface area contributed by atoms with Gasteiger partial charge in [0.25, 0.3) is 0 Å².